The van der Waals surface area contributed by atoms with Crippen LogP contribution in [0.5, 0.6) is 0 Å². The summed E-state index contributed by atoms with van der Waals surface area (Å²) in [6.07, 6.45) is 0. The smallest absolute Gasteiger partial charge is 0.0640 e. The van der Waals surface area contributed by atoms with Crippen LogP contribution in [0.2, 0.25) is 0 Å². The predicted octanol–water partition coefficient (Wildman–Crippen LogP) is 16.2. The topological polar surface area (TPSA) is 8.17 Å². The van der Waals surface area contributed by atoms with Gasteiger partial charge < -0.3 is 9.47 Å². The van der Waals surface area contributed by atoms with Crippen LogP contribution in [-0.2, 0) is 0 Å². The van der Waals surface area contributed by atoms with Gasteiger partial charge in [0.05, 0.1) is 16.7 Å². The summed E-state index contributed by atoms with van der Waals surface area (Å²) in [5, 5.41) is 12.4. The van der Waals surface area contributed by atoms with Gasteiger partial charge in [-0.15, -0.1) is 0 Å². The molecule has 0 bridgehead atoms. The van der Waals surface area contributed by atoms with Crippen molar-refractivity contribution >= 4 is 82.0 Å². The van der Waals surface area contributed by atoms with Crippen molar-refractivity contribution in [3.63, 3.8) is 0 Å². The molecule has 0 aliphatic carbocycles. The molecule has 1 aromatic heterocycles. The van der Waals surface area contributed by atoms with Gasteiger partial charge in [0.1, 0.15) is 0 Å². The number of benzene rings is 11. The summed E-state index contributed by atoms with van der Waals surface area (Å²) in [5.41, 5.74) is 11.7. The van der Waals surface area contributed by atoms with Gasteiger partial charge in [0.25, 0.3) is 0 Å². The lowest BCUT2D eigenvalue weighted by atomic mass is 9.93. The molecule has 0 aliphatic rings. The average Bonchev–Trinajstić information content (AvgIpc) is 3.68. The van der Waals surface area contributed by atoms with E-state index in [-0.39, 0.29) is 0 Å². The van der Waals surface area contributed by atoms with Crippen molar-refractivity contribution in [3.05, 3.63) is 231 Å². The predicted molar refractivity (Wildman–Crippen MR) is 256 cm³/mol. The van der Waals surface area contributed by atoms with Gasteiger partial charge in [0.2, 0.25) is 0 Å². The van der Waals surface area contributed by atoms with Crippen molar-refractivity contribution in [2.45, 2.75) is 0 Å². The Labute approximate surface area is 348 Å². The molecule has 1 heterocycles. The zero-order chi connectivity index (χ0) is 39.6. The molecule has 60 heavy (non-hydrogen) atoms. The van der Waals surface area contributed by atoms with Gasteiger partial charge in [-0.1, -0.05) is 182 Å². The fourth-order valence-electron chi connectivity index (χ4n) is 9.59. The van der Waals surface area contributed by atoms with Gasteiger partial charge >= 0.3 is 0 Å². The van der Waals surface area contributed by atoms with Crippen LogP contribution in [0.4, 0.5) is 17.1 Å². The van der Waals surface area contributed by atoms with Gasteiger partial charge in [0, 0.05) is 33.2 Å². The Kier molecular flexibility index (Phi) is 7.89. The van der Waals surface area contributed by atoms with Crippen LogP contribution in [0.1, 0.15) is 0 Å². The molecule has 0 saturated carbocycles. The van der Waals surface area contributed by atoms with Crippen molar-refractivity contribution in [2.75, 3.05) is 4.90 Å². The van der Waals surface area contributed by atoms with Crippen LogP contribution in [0, 0.1) is 0 Å². The van der Waals surface area contributed by atoms with Crippen LogP contribution >= 0.6 is 0 Å². The maximum absolute atomic E-state index is 2.49. The number of hydrogen-bond donors (Lipinski definition) is 0. The van der Waals surface area contributed by atoms with Crippen LogP contribution < -0.4 is 4.90 Å². The summed E-state index contributed by atoms with van der Waals surface area (Å²) in [6.45, 7) is 0. The van der Waals surface area contributed by atoms with Crippen LogP contribution in [0.3, 0.4) is 0 Å². The Balaban J connectivity index is 1.16. The Morgan fingerprint density at radius 1 is 0.300 bits per heavy atom. The third kappa shape index (κ3) is 5.42. The van der Waals surface area contributed by atoms with E-state index >= 15 is 0 Å². The van der Waals surface area contributed by atoms with Crippen molar-refractivity contribution in [2.24, 2.45) is 0 Å². The summed E-state index contributed by atoms with van der Waals surface area (Å²) >= 11 is 0. The van der Waals surface area contributed by atoms with Crippen molar-refractivity contribution in [1.82, 2.24) is 4.57 Å². The van der Waals surface area contributed by atoms with E-state index in [9.17, 15) is 0 Å². The largest absolute Gasteiger partial charge is 0.310 e. The average molecular weight is 763 g/mol. The van der Waals surface area contributed by atoms with Crippen molar-refractivity contribution < 1.29 is 0 Å². The number of hydrogen-bond acceptors (Lipinski definition) is 1. The van der Waals surface area contributed by atoms with E-state index in [1.54, 1.807) is 0 Å². The highest BCUT2D eigenvalue weighted by Gasteiger charge is 2.24. The third-order valence-corrected chi connectivity index (χ3v) is 12.3. The molecule has 0 spiro atoms. The Morgan fingerprint density at radius 3 is 1.45 bits per heavy atom. The van der Waals surface area contributed by atoms with Crippen LogP contribution in [0.15, 0.2) is 231 Å². The zero-order valence-corrected chi connectivity index (χ0v) is 32.8. The lowest BCUT2D eigenvalue weighted by Crippen LogP contribution is -2.10. The number of anilines is 3. The minimum Gasteiger partial charge on any atom is -0.310 e. The fourth-order valence-corrected chi connectivity index (χ4v) is 9.59. The first kappa shape index (κ1) is 34.1. The molecule has 0 saturated heterocycles. The molecule has 0 radical (unpaired) electrons. The van der Waals surface area contributed by atoms with Crippen LogP contribution in [-0.4, -0.2) is 4.57 Å². The monoisotopic (exact) mass is 762 g/mol. The highest BCUT2D eigenvalue weighted by molar-refractivity contribution is 6.27. The first-order valence-corrected chi connectivity index (χ1v) is 20.7. The summed E-state index contributed by atoms with van der Waals surface area (Å²) in [5.74, 6) is 0. The highest BCUT2D eigenvalue weighted by Crippen LogP contribution is 2.48. The van der Waals surface area contributed by atoms with Crippen LogP contribution in [0.25, 0.3) is 92.8 Å². The van der Waals surface area contributed by atoms with E-state index in [4.69, 9.17) is 0 Å². The lowest BCUT2D eigenvalue weighted by Gasteiger charge is -2.28. The van der Waals surface area contributed by atoms with E-state index in [1.165, 1.54) is 87.1 Å². The lowest BCUT2D eigenvalue weighted by molar-refractivity contribution is 1.19. The maximum atomic E-state index is 2.49. The minimum absolute atomic E-state index is 1.11. The second-order valence-electron chi connectivity index (χ2n) is 15.7. The van der Waals surface area contributed by atoms with Crippen molar-refractivity contribution in [1.29, 1.82) is 0 Å². The number of fused-ring (bicyclic) bond motifs is 11. The SMILES string of the molecule is c1ccc(-c2ccc(-c3ccc4c5c(N(c6ccccc6)c6ccc7c8ccccc8c8ccccc8c7c6)cc6ccccc6c5n(-c5ccccc5)c4c3)cc2)cc1. The molecule has 0 N–H and O–H groups in total. The van der Waals surface area contributed by atoms with Gasteiger partial charge in [-0.2, -0.15) is 0 Å². The molecule has 280 valence electrons. The normalized spacial score (nSPS) is 11.7. The molecule has 12 aromatic rings. The molecular formula is C58H38N2. The summed E-state index contributed by atoms with van der Waals surface area (Å²) in [7, 11) is 0. The minimum atomic E-state index is 1.11. The molecule has 11 aromatic carbocycles. The zero-order valence-electron chi connectivity index (χ0n) is 32.8. The number of rotatable bonds is 6. The molecule has 0 fully saturated rings. The quantitative estimate of drug-likeness (QED) is 0.153. The molecule has 0 amide bonds. The first-order valence-electron chi connectivity index (χ1n) is 20.7. The first-order chi connectivity index (χ1) is 29.8. The fraction of sp³-hybridized carbons (Fsp3) is 0. The van der Waals surface area contributed by atoms with E-state index in [1.807, 2.05) is 0 Å². The molecule has 2 nitrogen and oxygen atoms in total. The maximum Gasteiger partial charge on any atom is 0.0640 e. The van der Waals surface area contributed by atoms with E-state index in [0.29, 0.717) is 0 Å². The number of para-hydroxylation sites is 2. The molecule has 2 heteroatoms. The molecule has 12 rings (SSSR count). The summed E-state index contributed by atoms with van der Waals surface area (Å²) < 4.78 is 2.49. The highest BCUT2D eigenvalue weighted by atomic mass is 15.1. The molecule has 0 unspecified atom stereocenters. The Hall–Kier alpha value is -7.94. The summed E-state index contributed by atoms with van der Waals surface area (Å²) in [4.78, 5) is 2.48. The number of nitrogens with zero attached hydrogens (tertiary/aromatic N) is 2. The summed E-state index contributed by atoms with van der Waals surface area (Å²) in [6, 6.07) is 84.3. The molecule has 0 atom stereocenters. The van der Waals surface area contributed by atoms with Gasteiger partial charge in [0.15, 0.2) is 0 Å². The molecular weight excluding hydrogens is 725 g/mol. The van der Waals surface area contributed by atoms with E-state index < -0.39 is 0 Å². The van der Waals surface area contributed by atoms with Gasteiger partial charge in [-0.05, 0) is 108 Å². The van der Waals surface area contributed by atoms with E-state index in [2.05, 4.69) is 240 Å². The van der Waals surface area contributed by atoms with E-state index in [0.717, 1.165) is 22.7 Å². The Bertz CT molecular complexity index is 3530. The third-order valence-electron chi connectivity index (χ3n) is 12.3. The second kappa shape index (κ2) is 13.9. The van der Waals surface area contributed by atoms with Crippen molar-refractivity contribution in [3.8, 4) is 27.9 Å². The van der Waals surface area contributed by atoms with Gasteiger partial charge in [-0.3, -0.25) is 0 Å². The van der Waals surface area contributed by atoms with Gasteiger partial charge in [-0.25, -0.2) is 0 Å². The molecule has 0 aliphatic heterocycles. The standard InChI is InChI=1S/C58H38N2/c1-4-16-39(17-5-1)40-28-30-41(31-29-40)42-32-34-53-55(36-42)60(45-21-8-3-9-22-45)58-47-23-11-10-18-43(47)37-56(57(53)58)59(44-19-6-2-7-20-44)46-33-35-52-50-26-13-12-24-48(50)49-25-14-15-27-51(49)54(52)38-46/h1-38H. The Morgan fingerprint density at radius 2 is 0.783 bits per heavy atom. The number of aromatic nitrogens is 1. The second-order valence-corrected chi connectivity index (χ2v) is 15.7.